The lowest BCUT2D eigenvalue weighted by atomic mass is 10.1. The van der Waals surface area contributed by atoms with Gasteiger partial charge in [0.25, 0.3) is 0 Å². The maximum Gasteiger partial charge on any atom is 0.412 e. The van der Waals surface area contributed by atoms with Gasteiger partial charge in [-0.3, -0.25) is 0 Å². The summed E-state index contributed by atoms with van der Waals surface area (Å²) in [5.74, 6) is 0. The first-order valence-corrected chi connectivity index (χ1v) is 4.01. The molecule has 2 atom stereocenters. The van der Waals surface area contributed by atoms with Crippen LogP contribution in [0.25, 0.3) is 0 Å². The topological polar surface area (TPSA) is 40.5 Å². The van der Waals surface area contributed by atoms with Gasteiger partial charge in [-0.05, 0) is 0 Å². The summed E-state index contributed by atoms with van der Waals surface area (Å²) in [5.41, 5.74) is 0.171. The van der Waals surface area contributed by atoms with Crippen molar-refractivity contribution in [2.24, 2.45) is 0 Å². The van der Waals surface area contributed by atoms with Crippen molar-refractivity contribution < 1.29 is 18.7 Å². The van der Waals surface area contributed by atoms with E-state index in [2.05, 4.69) is 0 Å². The molecule has 1 heterocycles. The highest BCUT2D eigenvalue weighted by molar-refractivity contribution is 5.67. The minimum atomic E-state index is -1.90. The number of carbonyl (C=O) groups is 1. The molecule has 0 aliphatic carbocycles. The van der Waals surface area contributed by atoms with Gasteiger partial charge < -0.3 is 5.11 Å². The molecule has 0 spiro atoms. The van der Waals surface area contributed by atoms with Gasteiger partial charge in [-0.1, -0.05) is 24.3 Å². The van der Waals surface area contributed by atoms with E-state index in [0.29, 0.717) is 0 Å². The zero-order chi connectivity index (χ0) is 10.3. The molecule has 2 rings (SSSR count). The molecule has 1 amide bonds. The largest absolute Gasteiger partial charge is 0.465 e. The van der Waals surface area contributed by atoms with Gasteiger partial charge in [-0.15, -0.1) is 0 Å². The van der Waals surface area contributed by atoms with Crippen molar-refractivity contribution in [1.82, 2.24) is 4.90 Å². The SMILES string of the molecule is O=C(O)N1C(F)c2ccccc2C1F. The number of nitrogens with zero attached hydrogens (tertiary/aromatic N) is 1. The number of amides is 1. The molecule has 2 unspecified atom stereocenters. The number of benzene rings is 1. The van der Waals surface area contributed by atoms with Crippen LogP contribution in [-0.2, 0) is 0 Å². The summed E-state index contributed by atoms with van der Waals surface area (Å²) in [5, 5.41) is 8.57. The lowest BCUT2D eigenvalue weighted by molar-refractivity contribution is 0.0144. The van der Waals surface area contributed by atoms with Crippen molar-refractivity contribution in [3.8, 4) is 0 Å². The van der Waals surface area contributed by atoms with Crippen LogP contribution in [0.2, 0.25) is 0 Å². The molecule has 1 aliphatic rings. The second-order valence-electron chi connectivity index (χ2n) is 2.99. The monoisotopic (exact) mass is 199 g/mol. The van der Waals surface area contributed by atoms with Gasteiger partial charge in [0.1, 0.15) is 0 Å². The molecule has 0 saturated carbocycles. The third-order valence-corrected chi connectivity index (χ3v) is 2.22. The molecule has 0 saturated heterocycles. The highest BCUT2D eigenvalue weighted by atomic mass is 19.2. The van der Waals surface area contributed by atoms with Crippen LogP contribution in [0.5, 0.6) is 0 Å². The van der Waals surface area contributed by atoms with E-state index >= 15 is 0 Å². The Hall–Kier alpha value is -1.65. The average Bonchev–Trinajstić information content (AvgIpc) is 2.41. The second kappa shape index (κ2) is 2.94. The Bertz CT molecular complexity index is 354. The Morgan fingerprint density at radius 3 is 2.00 bits per heavy atom. The minimum absolute atomic E-state index is 0.0856. The molecule has 1 N–H and O–H groups in total. The smallest absolute Gasteiger partial charge is 0.412 e. The Balaban J connectivity index is 2.48. The molecule has 5 heteroatoms. The van der Waals surface area contributed by atoms with Crippen molar-refractivity contribution in [2.45, 2.75) is 12.6 Å². The molecule has 1 aromatic rings. The number of alkyl halides is 2. The third kappa shape index (κ3) is 1.05. The van der Waals surface area contributed by atoms with Crippen LogP contribution in [0.1, 0.15) is 23.7 Å². The Kier molecular flexibility index (Phi) is 1.87. The van der Waals surface area contributed by atoms with E-state index in [9.17, 15) is 13.6 Å². The van der Waals surface area contributed by atoms with Crippen LogP contribution >= 0.6 is 0 Å². The van der Waals surface area contributed by atoms with Gasteiger partial charge in [0.05, 0.1) is 0 Å². The number of hydrogen-bond donors (Lipinski definition) is 1. The normalized spacial score (nSPS) is 24.9. The molecule has 0 bridgehead atoms. The van der Waals surface area contributed by atoms with Crippen molar-refractivity contribution in [3.05, 3.63) is 35.4 Å². The molecule has 0 fully saturated rings. The van der Waals surface area contributed by atoms with Crippen LogP contribution in [0.4, 0.5) is 13.6 Å². The first-order chi connectivity index (χ1) is 6.63. The fraction of sp³-hybridized carbons (Fsp3) is 0.222. The molecule has 1 aromatic carbocycles. The summed E-state index contributed by atoms with van der Waals surface area (Å²) >= 11 is 0. The summed E-state index contributed by atoms with van der Waals surface area (Å²) in [6.07, 6.45) is -5.40. The summed E-state index contributed by atoms with van der Waals surface area (Å²) in [6, 6.07) is 5.86. The van der Waals surface area contributed by atoms with Crippen molar-refractivity contribution in [3.63, 3.8) is 0 Å². The predicted octanol–water partition coefficient (Wildman–Crippen LogP) is 2.62. The molecule has 74 valence electrons. The molecule has 0 aromatic heterocycles. The van der Waals surface area contributed by atoms with Gasteiger partial charge in [0.15, 0.2) is 0 Å². The summed E-state index contributed by atoms with van der Waals surface area (Å²) in [6.45, 7) is 0. The molecular weight excluding hydrogens is 192 g/mol. The van der Waals surface area contributed by atoms with E-state index in [1.807, 2.05) is 0 Å². The highest BCUT2D eigenvalue weighted by Crippen LogP contribution is 2.43. The quantitative estimate of drug-likeness (QED) is 0.652. The van der Waals surface area contributed by atoms with Crippen molar-refractivity contribution in [2.75, 3.05) is 0 Å². The van der Waals surface area contributed by atoms with E-state index in [1.165, 1.54) is 12.1 Å². The van der Waals surface area contributed by atoms with Crippen molar-refractivity contribution >= 4 is 6.09 Å². The number of rotatable bonds is 0. The highest BCUT2D eigenvalue weighted by Gasteiger charge is 2.41. The van der Waals surface area contributed by atoms with Crippen LogP contribution in [0.15, 0.2) is 24.3 Å². The summed E-state index contributed by atoms with van der Waals surface area (Å²) < 4.78 is 26.8. The average molecular weight is 199 g/mol. The molecule has 3 nitrogen and oxygen atoms in total. The molecule has 0 radical (unpaired) electrons. The first-order valence-electron chi connectivity index (χ1n) is 4.01. The fourth-order valence-electron chi connectivity index (χ4n) is 1.55. The summed E-state index contributed by atoms with van der Waals surface area (Å²) in [4.78, 5) is 10.7. The fourth-order valence-corrected chi connectivity index (χ4v) is 1.55. The zero-order valence-electron chi connectivity index (χ0n) is 7.02. The Morgan fingerprint density at radius 1 is 1.21 bits per heavy atom. The van der Waals surface area contributed by atoms with Gasteiger partial charge in [-0.2, -0.15) is 0 Å². The number of hydrogen-bond acceptors (Lipinski definition) is 1. The maximum absolute atomic E-state index is 13.4. The first kappa shape index (κ1) is 8.93. The van der Waals surface area contributed by atoms with Gasteiger partial charge in [0.2, 0.25) is 12.6 Å². The van der Waals surface area contributed by atoms with E-state index in [1.54, 1.807) is 12.1 Å². The minimum Gasteiger partial charge on any atom is -0.465 e. The van der Waals surface area contributed by atoms with Crippen LogP contribution in [-0.4, -0.2) is 16.1 Å². The molecule has 14 heavy (non-hydrogen) atoms. The predicted molar refractivity (Wildman–Crippen MR) is 44.0 cm³/mol. The van der Waals surface area contributed by atoms with E-state index in [4.69, 9.17) is 5.11 Å². The number of halogens is 2. The van der Waals surface area contributed by atoms with E-state index in [0.717, 1.165) is 0 Å². The molecule has 1 aliphatic heterocycles. The van der Waals surface area contributed by atoms with Crippen molar-refractivity contribution in [1.29, 1.82) is 0 Å². The van der Waals surface area contributed by atoms with Crippen LogP contribution in [0.3, 0.4) is 0 Å². The van der Waals surface area contributed by atoms with E-state index < -0.39 is 18.7 Å². The zero-order valence-corrected chi connectivity index (χ0v) is 7.02. The lowest BCUT2D eigenvalue weighted by Crippen LogP contribution is -2.27. The second-order valence-corrected chi connectivity index (χ2v) is 2.99. The van der Waals surface area contributed by atoms with Crippen LogP contribution in [0, 0.1) is 0 Å². The van der Waals surface area contributed by atoms with Gasteiger partial charge in [-0.25, -0.2) is 18.5 Å². The Labute approximate surface area is 78.6 Å². The Morgan fingerprint density at radius 2 is 1.64 bits per heavy atom. The maximum atomic E-state index is 13.4. The van der Waals surface area contributed by atoms with Gasteiger partial charge >= 0.3 is 6.09 Å². The number of carboxylic acid groups (broad SMARTS) is 1. The summed E-state index contributed by atoms with van der Waals surface area (Å²) in [7, 11) is 0. The van der Waals surface area contributed by atoms with E-state index in [-0.39, 0.29) is 16.0 Å². The van der Waals surface area contributed by atoms with Gasteiger partial charge in [0, 0.05) is 11.1 Å². The number of fused-ring (bicyclic) bond motifs is 1. The third-order valence-electron chi connectivity index (χ3n) is 2.22. The standard InChI is InChI=1S/C9H7F2NO2/c10-7-5-3-1-2-4-6(5)8(11)12(7)9(13)14/h1-4,7-8H,(H,13,14). The molecular formula is C9H7F2NO2. The van der Waals surface area contributed by atoms with Crippen LogP contribution < -0.4 is 0 Å². The lowest BCUT2D eigenvalue weighted by Gasteiger charge is -2.16.